The van der Waals surface area contributed by atoms with Crippen LogP contribution in [0.2, 0.25) is 0 Å². The SMILES string of the molecule is CCOC1NN=C1C(C)C. The molecule has 1 aliphatic rings. The summed E-state index contributed by atoms with van der Waals surface area (Å²) >= 11 is 0. The quantitative estimate of drug-likeness (QED) is 0.637. The van der Waals surface area contributed by atoms with Gasteiger partial charge in [-0.05, 0) is 12.8 Å². The van der Waals surface area contributed by atoms with E-state index in [2.05, 4.69) is 24.4 Å². The second kappa shape index (κ2) is 3.01. The molecule has 1 atom stereocenters. The smallest absolute Gasteiger partial charge is 0.183 e. The molecule has 0 spiro atoms. The lowest BCUT2D eigenvalue weighted by Gasteiger charge is -2.28. The van der Waals surface area contributed by atoms with Crippen molar-refractivity contribution in [1.82, 2.24) is 5.43 Å². The second-order valence-electron chi connectivity index (χ2n) is 2.66. The Bertz CT molecular complexity index is 143. The molecule has 3 nitrogen and oxygen atoms in total. The number of hydrazone groups is 1. The predicted octanol–water partition coefficient (Wildman–Crippen LogP) is 0.964. The van der Waals surface area contributed by atoms with Gasteiger partial charge < -0.3 is 4.74 Å². The fourth-order valence-corrected chi connectivity index (χ4v) is 0.913. The zero-order valence-corrected chi connectivity index (χ0v) is 6.72. The van der Waals surface area contributed by atoms with Crippen LogP contribution >= 0.6 is 0 Å². The van der Waals surface area contributed by atoms with Crippen LogP contribution in [0.4, 0.5) is 0 Å². The molecule has 0 fully saturated rings. The van der Waals surface area contributed by atoms with Gasteiger partial charge in [-0.25, -0.2) is 0 Å². The molecule has 1 heterocycles. The van der Waals surface area contributed by atoms with Gasteiger partial charge in [0.15, 0.2) is 6.23 Å². The van der Waals surface area contributed by atoms with E-state index in [-0.39, 0.29) is 6.23 Å². The molecule has 0 aliphatic carbocycles. The average molecular weight is 142 g/mol. The molecular weight excluding hydrogens is 128 g/mol. The van der Waals surface area contributed by atoms with Crippen molar-refractivity contribution in [1.29, 1.82) is 0 Å². The molecule has 0 aromatic carbocycles. The maximum absolute atomic E-state index is 5.31. The third kappa shape index (κ3) is 1.29. The van der Waals surface area contributed by atoms with Crippen LogP contribution in [0.3, 0.4) is 0 Å². The van der Waals surface area contributed by atoms with Crippen molar-refractivity contribution in [2.75, 3.05) is 6.61 Å². The van der Waals surface area contributed by atoms with Crippen LogP contribution in [0.25, 0.3) is 0 Å². The van der Waals surface area contributed by atoms with Gasteiger partial charge in [-0.1, -0.05) is 13.8 Å². The molecule has 0 aromatic rings. The number of nitrogens with zero attached hydrogens (tertiary/aromatic N) is 1. The largest absolute Gasteiger partial charge is 0.352 e. The van der Waals surface area contributed by atoms with E-state index in [1.54, 1.807) is 0 Å². The molecule has 3 heteroatoms. The van der Waals surface area contributed by atoms with Gasteiger partial charge in [-0.2, -0.15) is 5.10 Å². The molecule has 1 unspecified atom stereocenters. The van der Waals surface area contributed by atoms with Crippen molar-refractivity contribution < 1.29 is 4.74 Å². The summed E-state index contributed by atoms with van der Waals surface area (Å²) in [7, 11) is 0. The number of ether oxygens (including phenoxy) is 1. The van der Waals surface area contributed by atoms with Gasteiger partial charge in [0.05, 0.1) is 5.71 Å². The van der Waals surface area contributed by atoms with Gasteiger partial charge in [0, 0.05) is 6.61 Å². The summed E-state index contributed by atoms with van der Waals surface area (Å²) in [5.74, 6) is 0.498. The highest BCUT2D eigenvalue weighted by Crippen LogP contribution is 2.09. The first-order valence-corrected chi connectivity index (χ1v) is 3.70. The van der Waals surface area contributed by atoms with Gasteiger partial charge >= 0.3 is 0 Å². The van der Waals surface area contributed by atoms with Crippen molar-refractivity contribution in [3.05, 3.63) is 0 Å². The van der Waals surface area contributed by atoms with Gasteiger partial charge in [-0.3, -0.25) is 5.43 Å². The van der Waals surface area contributed by atoms with E-state index < -0.39 is 0 Å². The minimum absolute atomic E-state index is 0.0880. The van der Waals surface area contributed by atoms with E-state index in [4.69, 9.17) is 4.74 Å². The number of hydrogen-bond donors (Lipinski definition) is 1. The molecule has 58 valence electrons. The summed E-state index contributed by atoms with van der Waals surface area (Å²) in [5, 5.41) is 4.01. The zero-order valence-electron chi connectivity index (χ0n) is 6.72. The van der Waals surface area contributed by atoms with Crippen molar-refractivity contribution in [2.45, 2.75) is 27.0 Å². The Balaban J connectivity index is 2.35. The topological polar surface area (TPSA) is 33.6 Å². The Morgan fingerprint density at radius 1 is 1.70 bits per heavy atom. The lowest BCUT2D eigenvalue weighted by atomic mass is 10.1. The van der Waals surface area contributed by atoms with E-state index in [1.807, 2.05) is 6.92 Å². The molecule has 1 aliphatic heterocycles. The Morgan fingerprint density at radius 3 is 2.70 bits per heavy atom. The minimum Gasteiger partial charge on any atom is -0.352 e. The summed E-state index contributed by atoms with van der Waals surface area (Å²) in [6.45, 7) is 6.96. The number of nitrogens with one attached hydrogen (secondary N) is 1. The van der Waals surface area contributed by atoms with Crippen molar-refractivity contribution in [3.8, 4) is 0 Å². The Morgan fingerprint density at radius 2 is 2.40 bits per heavy atom. The third-order valence-corrected chi connectivity index (χ3v) is 1.50. The van der Waals surface area contributed by atoms with Crippen LogP contribution < -0.4 is 5.43 Å². The number of hydrogen-bond acceptors (Lipinski definition) is 3. The Hall–Kier alpha value is -0.570. The molecule has 0 amide bonds. The zero-order chi connectivity index (χ0) is 7.56. The van der Waals surface area contributed by atoms with Gasteiger partial charge in [0.25, 0.3) is 0 Å². The van der Waals surface area contributed by atoms with E-state index in [9.17, 15) is 0 Å². The first-order chi connectivity index (χ1) is 4.75. The summed E-state index contributed by atoms with van der Waals surface area (Å²) in [6.07, 6.45) is 0.0880. The van der Waals surface area contributed by atoms with Crippen LogP contribution in [0.1, 0.15) is 20.8 Å². The predicted molar refractivity (Wildman–Crippen MR) is 40.8 cm³/mol. The fraction of sp³-hybridized carbons (Fsp3) is 0.857. The molecule has 0 aromatic heterocycles. The molecule has 0 radical (unpaired) electrons. The highest BCUT2D eigenvalue weighted by Gasteiger charge is 2.25. The summed E-state index contributed by atoms with van der Waals surface area (Å²) < 4.78 is 5.31. The lowest BCUT2D eigenvalue weighted by molar-refractivity contribution is 0.0672. The standard InChI is InChI=1S/C7H14N2O/c1-4-10-7-6(5(2)3)8-9-7/h5,7,9H,4H2,1-3H3. The van der Waals surface area contributed by atoms with Gasteiger partial charge in [-0.15, -0.1) is 0 Å². The van der Waals surface area contributed by atoms with E-state index in [0.717, 1.165) is 12.3 Å². The van der Waals surface area contributed by atoms with Crippen LogP contribution in [0.15, 0.2) is 5.10 Å². The fourth-order valence-electron chi connectivity index (χ4n) is 0.913. The van der Waals surface area contributed by atoms with Crippen LogP contribution in [0, 0.1) is 5.92 Å². The third-order valence-electron chi connectivity index (χ3n) is 1.50. The summed E-state index contributed by atoms with van der Waals surface area (Å²) in [6, 6.07) is 0. The second-order valence-corrected chi connectivity index (χ2v) is 2.66. The average Bonchev–Trinajstić information content (AvgIpc) is 1.78. The maximum atomic E-state index is 5.31. The summed E-state index contributed by atoms with van der Waals surface area (Å²) in [4.78, 5) is 0. The molecule has 0 bridgehead atoms. The molecule has 0 saturated heterocycles. The molecule has 1 N–H and O–H groups in total. The van der Waals surface area contributed by atoms with E-state index in [1.165, 1.54) is 0 Å². The Kier molecular flexibility index (Phi) is 2.27. The summed E-state index contributed by atoms with van der Waals surface area (Å²) in [5.41, 5.74) is 3.97. The maximum Gasteiger partial charge on any atom is 0.183 e. The highest BCUT2D eigenvalue weighted by atomic mass is 16.5. The lowest BCUT2D eigenvalue weighted by Crippen LogP contribution is -2.48. The normalized spacial score (nSPS) is 23.6. The van der Waals surface area contributed by atoms with Crippen LogP contribution in [-0.2, 0) is 4.74 Å². The minimum atomic E-state index is 0.0880. The molecular formula is C7H14N2O. The van der Waals surface area contributed by atoms with Crippen molar-refractivity contribution in [2.24, 2.45) is 11.0 Å². The first kappa shape index (κ1) is 7.54. The van der Waals surface area contributed by atoms with E-state index in [0.29, 0.717) is 5.92 Å². The van der Waals surface area contributed by atoms with Crippen LogP contribution in [-0.4, -0.2) is 18.5 Å². The van der Waals surface area contributed by atoms with E-state index >= 15 is 0 Å². The molecule has 1 rings (SSSR count). The molecule has 0 saturated carbocycles. The number of rotatable bonds is 3. The van der Waals surface area contributed by atoms with Crippen molar-refractivity contribution >= 4 is 5.71 Å². The van der Waals surface area contributed by atoms with Crippen LogP contribution in [0.5, 0.6) is 0 Å². The first-order valence-electron chi connectivity index (χ1n) is 3.70. The Labute approximate surface area is 61.5 Å². The van der Waals surface area contributed by atoms with Gasteiger partial charge in [0.2, 0.25) is 0 Å². The van der Waals surface area contributed by atoms with Gasteiger partial charge in [0.1, 0.15) is 0 Å². The monoisotopic (exact) mass is 142 g/mol. The molecule has 10 heavy (non-hydrogen) atoms. The van der Waals surface area contributed by atoms with Crippen molar-refractivity contribution in [3.63, 3.8) is 0 Å². The highest BCUT2D eigenvalue weighted by molar-refractivity contribution is 5.93.